The zero-order chi connectivity index (χ0) is 22.9. The average Bonchev–Trinajstić information content (AvgIpc) is 2.82. The molecule has 0 aliphatic carbocycles. The van der Waals surface area contributed by atoms with Crippen LogP contribution in [0.15, 0.2) is 30.3 Å². The van der Waals surface area contributed by atoms with Crippen molar-refractivity contribution in [2.75, 3.05) is 7.11 Å². The van der Waals surface area contributed by atoms with Gasteiger partial charge in [-0.1, -0.05) is 59.4 Å². The van der Waals surface area contributed by atoms with Gasteiger partial charge in [-0.3, -0.25) is 0 Å². The van der Waals surface area contributed by atoms with Crippen LogP contribution < -0.4 is 4.74 Å². The number of hydrogen-bond donors (Lipinski definition) is 0. The molecule has 3 rings (SSSR count). The fourth-order valence-electron chi connectivity index (χ4n) is 5.18. The van der Waals surface area contributed by atoms with Gasteiger partial charge in [-0.2, -0.15) is 0 Å². The molecular formula is C31H44O. The van der Waals surface area contributed by atoms with E-state index in [1.54, 1.807) is 29.4 Å². The van der Waals surface area contributed by atoms with Gasteiger partial charge < -0.3 is 4.74 Å². The van der Waals surface area contributed by atoms with Crippen LogP contribution in [0.4, 0.5) is 0 Å². The summed E-state index contributed by atoms with van der Waals surface area (Å²) in [4.78, 5) is 0. The van der Waals surface area contributed by atoms with Crippen LogP contribution in [0, 0.1) is 0 Å². The predicted molar refractivity (Wildman–Crippen MR) is 142 cm³/mol. The summed E-state index contributed by atoms with van der Waals surface area (Å²) in [5.74, 6) is 0.948. The number of benzene rings is 3. The first-order chi connectivity index (χ1) is 15.7. The summed E-state index contributed by atoms with van der Waals surface area (Å²) in [5.41, 5.74) is 6.71. The molecule has 3 aromatic carbocycles. The molecule has 0 amide bonds. The Morgan fingerprint density at radius 3 is 1.41 bits per heavy atom. The van der Waals surface area contributed by atoms with Gasteiger partial charge in [0, 0.05) is 0 Å². The topological polar surface area (TPSA) is 9.23 Å². The number of fused-ring (bicyclic) bond motifs is 2. The third-order valence-corrected chi connectivity index (χ3v) is 7.05. The Kier molecular flexibility index (Phi) is 9.45. The van der Waals surface area contributed by atoms with Crippen molar-refractivity contribution in [2.24, 2.45) is 0 Å². The van der Waals surface area contributed by atoms with Crippen molar-refractivity contribution in [1.29, 1.82) is 0 Å². The average molecular weight is 433 g/mol. The summed E-state index contributed by atoms with van der Waals surface area (Å²) in [6, 6.07) is 11.5. The van der Waals surface area contributed by atoms with Gasteiger partial charge in [0.05, 0.1) is 7.11 Å². The normalized spacial score (nSPS) is 11.5. The summed E-state index contributed by atoms with van der Waals surface area (Å²) in [7, 11) is 1.76. The van der Waals surface area contributed by atoms with Crippen LogP contribution in [0.3, 0.4) is 0 Å². The van der Waals surface area contributed by atoms with Crippen molar-refractivity contribution in [1.82, 2.24) is 0 Å². The predicted octanol–water partition coefficient (Wildman–Crippen LogP) is 9.37. The molecule has 1 nitrogen and oxygen atoms in total. The van der Waals surface area contributed by atoms with E-state index in [0.717, 1.165) is 5.75 Å². The lowest BCUT2D eigenvalue weighted by Crippen LogP contribution is -2.08. The first-order valence-electron chi connectivity index (χ1n) is 13.2. The Bertz CT molecular complexity index is 1010. The lowest BCUT2D eigenvalue weighted by atomic mass is 9.81. The van der Waals surface area contributed by atoms with E-state index in [-0.39, 0.29) is 0 Å². The van der Waals surface area contributed by atoms with Crippen molar-refractivity contribution < 1.29 is 4.74 Å². The first kappa shape index (κ1) is 24.6. The Morgan fingerprint density at radius 2 is 0.969 bits per heavy atom. The van der Waals surface area contributed by atoms with Crippen molar-refractivity contribution in [3.8, 4) is 5.75 Å². The van der Waals surface area contributed by atoms with Gasteiger partial charge in [0.2, 0.25) is 0 Å². The van der Waals surface area contributed by atoms with E-state index in [2.05, 4.69) is 58.0 Å². The maximum Gasteiger partial charge on any atom is 0.119 e. The third-order valence-electron chi connectivity index (χ3n) is 7.05. The van der Waals surface area contributed by atoms with Gasteiger partial charge in [-0.15, -0.1) is 0 Å². The molecule has 1 heteroatoms. The molecule has 0 N–H and O–H groups in total. The first-order valence-corrected chi connectivity index (χ1v) is 13.2. The molecule has 0 saturated heterocycles. The molecule has 0 heterocycles. The second-order valence-electron chi connectivity index (χ2n) is 9.44. The SMILES string of the molecule is CCCCc1c(CCCC)c(CCCC)c2cc3cc(OC)ccc3cc2c1CCCC. The number of unbranched alkanes of at least 4 members (excludes halogenated alkanes) is 4. The summed E-state index contributed by atoms with van der Waals surface area (Å²) in [6.45, 7) is 9.30. The Balaban J connectivity index is 2.37. The molecule has 0 spiro atoms. The molecule has 32 heavy (non-hydrogen) atoms. The van der Waals surface area contributed by atoms with Gasteiger partial charge in [0.25, 0.3) is 0 Å². The second-order valence-corrected chi connectivity index (χ2v) is 9.44. The highest BCUT2D eigenvalue weighted by Gasteiger charge is 2.19. The van der Waals surface area contributed by atoms with E-state index in [9.17, 15) is 0 Å². The van der Waals surface area contributed by atoms with Crippen molar-refractivity contribution in [2.45, 2.75) is 105 Å². The van der Waals surface area contributed by atoms with Gasteiger partial charge in [-0.05, 0) is 119 Å². The van der Waals surface area contributed by atoms with Crippen LogP contribution in [-0.2, 0) is 25.7 Å². The number of rotatable bonds is 13. The van der Waals surface area contributed by atoms with Gasteiger partial charge in [0.15, 0.2) is 0 Å². The number of hydrogen-bond acceptors (Lipinski definition) is 1. The highest BCUT2D eigenvalue weighted by atomic mass is 16.5. The summed E-state index contributed by atoms with van der Waals surface area (Å²) in [6.07, 6.45) is 15.0. The van der Waals surface area contributed by atoms with Crippen LogP contribution in [0.5, 0.6) is 5.75 Å². The van der Waals surface area contributed by atoms with Gasteiger partial charge in [0.1, 0.15) is 5.75 Å². The highest BCUT2D eigenvalue weighted by Crippen LogP contribution is 2.38. The van der Waals surface area contributed by atoms with Crippen LogP contribution in [-0.4, -0.2) is 7.11 Å². The molecule has 174 valence electrons. The van der Waals surface area contributed by atoms with Crippen LogP contribution in [0.1, 0.15) is 101 Å². The molecule has 3 aromatic rings. The number of aryl methyl sites for hydroxylation is 2. The lowest BCUT2D eigenvalue weighted by molar-refractivity contribution is 0.415. The molecule has 0 atom stereocenters. The number of ether oxygens (including phenoxy) is 1. The van der Waals surface area contributed by atoms with E-state index < -0.39 is 0 Å². The Morgan fingerprint density at radius 1 is 0.531 bits per heavy atom. The maximum atomic E-state index is 5.55. The minimum absolute atomic E-state index is 0.948. The molecule has 0 unspecified atom stereocenters. The molecular weight excluding hydrogens is 388 g/mol. The van der Waals surface area contributed by atoms with E-state index in [1.165, 1.54) is 98.6 Å². The lowest BCUT2D eigenvalue weighted by Gasteiger charge is -2.24. The molecule has 0 fully saturated rings. The van der Waals surface area contributed by atoms with Crippen LogP contribution in [0.2, 0.25) is 0 Å². The maximum absolute atomic E-state index is 5.55. The zero-order valence-corrected chi connectivity index (χ0v) is 21.3. The summed E-state index contributed by atoms with van der Waals surface area (Å²) < 4.78 is 5.55. The van der Waals surface area contributed by atoms with E-state index in [1.807, 2.05) is 0 Å². The molecule has 0 aliphatic rings. The molecule has 0 aliphatic heterocycles. The minimum Gasteiger partial charge on any atom is -0.497 e. The van der Waals surface area contributed by atoms with E-state index >= 15 is 0 Å². The van der Waals surface area contributed by atoms with Crippen LogP contribution in [0.25, 0.3) is 21.5 Å². The standard InChI is InChI=1S/C31H44O/c1-6-10-14-26-27(15-11-7-2)29(17-13-9-4)31-22-24-20-25(32-5)19-18-23(24)21-30(31)28(26)16-12-8-3/h18-22H,6-17H2,1-5H3. The molecule has 0 radical (unpaired) electrons. The van der Waals surface area contributed by atoms with Gasteiger partial charge in [-0.25, -0.2) is 0 Å². The monoisotopic (exact) mass is 432 g/mol. The fourth-order valence-corrected chi connectivity index (χ4v) is 5.18. The van der Waals surface area contributed by atoms with Crippen molar-refractivity contribution in [3.63, 3.8) is 0 Å². The van der Waals surface area contributed by atoms with Gasteiger partial charge >= 0.3 is 0 Å². The quantitative estimate of drug-likeness (QED) is 0.244. The minimum atomic E-state index is 0.948. The molecule has 0 bridgehead atoms. The van der Waals surface area contributed by atoms with Crippen LogP contribution >= 0.6 is 0 Å². The highest BCUT2D eigenvalue weighted by molar-refractivity contribution is 6.02. The zero-order valence-electron chi connectivity index (χ0n) is 21.3. The number of methoxy groups -OCH3 is 1. The largest absolute Gasteiger partial charge is 0.497 e. The second kappa shape index (κ2) is 12.3. The van der Waals surface area contributed by atoms with E-state index in [4.69, 9.17) is 4.74 Å². The Labute approximate surface area is 196 Å². The summed E-state index contributed by atoms with van der Waals surface area (Å²) >= 11 is 0. The summed E-state index contributed by atoms with van der Waals surface area (Å²) in [5, 5.41) is 5.67. The van der Waals surface area contributed by atoms with E-state index in [0.29, 0.717) is 0 Å². The van der Waals surface area contributed by atoms with Crippen molar-refractivity contribution in [3.05, 3.63) is 52.6 Å². The third kappa shape index (κ3) is 5.48. The fraction of sp³-hybridized carbons (Fsp3) is 0.548. The molecule has 0 saturated carbocycles. The molecule has 0 aromatic heterocycles. The smallest absolute Gasteiger partial charge is 0.119 e. The Hall–Kier alpha value is -2.02. The van der Waals surface area contributed by atoms with Crippen molar-refractivity contribution >= 4 is 21.5 Å².